The molecule has 3 N–H and O–H groups in total. The summed E-state index contributed by atoms with van der Waals surface area (Å²) in [5.41, 5.74) is 1.11. The number of nitrogens with one attached hydrogen (secondary N) is 2. The molecule has 1 aromatic rings. The van der Waals surface area contributed by atoms with Crippen LogP contribution in [0.25, 0.3) is 0 Å². The highest BCUT2D eigenvalue weighted by Gasteiger charge is 2.09. The summed E-state index contributed by atoms with van der Waals surface area (Å²) in [5, 5.41) is 15.2. The molecule has 0 radical (unpaired) electrons. The van der Waals surface area contributed by atoms with Gasteiger partial charge in [0.1, 0.15) is 0 Å². The molecular formula is C15H26N2O3. The second-order valence-electron chi connectivity index (χ2n) is 4.39. The molecule has 114 valence electrons. The van der Waals surface area contributed by atoms with Crippen molar-refractivity contribution in [2.75, 3.05) is 40.0 Å². The summed E-state index contributed by atoms with van der Waals surface area (Å²) >= 11 is 0. The first-order valence-electron chi connectivity index (χ1n) is 7.14. The number of aliphatic hydroxyl groups is 1. The number of aliphatic hydroxyl groups excluding tert-OH is 1. The summed E-state index contributed by atoms with van der Waals surface area (Å²) in [6, 6.07) is 5.93. The van der Waals surface area contributed by atoms with E-state index in [4.69, 9.17) is 14.6 Å². The van der Waals surface area contributed by atoms with Crippen LogP contribution in [0.3, 0.4) is 0 Å². The van der Waals surface area contributed by atoms with Crippen molar-refractivity contribution in [3.05, 3.63) is 23.8 Å². The third-order valence-electron chi connectivity index (χ3n) is 2.88. The Kier molecular flexibility index (Phi) is 8.78. The van der Waals surface area contributed by atoms with Crippen LogP contribution in [0.5, 0.6) is 11.5 Å². The van der Waals surface area contributed by atoms with Gasteiger partial charge in [0, 0.05) is 18.7 Å². The number of methoxy groups -OCH3 is 1. The maximum atomic E-state index is 8.64. The molecule has 0 spiro atoms. The zero-order chi connectivity index (χ0) is 14.6. The van der Waals surface area contributed by atoms with Gasteiger partial charge in [-0.3, -0.25) is 0 Å². The minimum Gasteiger partial charge on any atom is -0.493 e. The van der Waals surface area contributed by atoms with Crippen molar-refractivity contribution in [2.45, 2.75) is 19.9 Å². The summed E-state index contributed by atoms with van der Waals surface area (Å²) in [4.78, 5) is 0. The summed E-state index contributed by atoms with van der Waals surface area (Å²) in [6.45, 7) is 6.02. The van der Waals surface area contributed by atoms with Crippen LogP contribution < -0.4 is 20.1 Å². The fourth-order valence-corrected chi connectivity index (χ4v) is 1.93. The first-order chi connectivity index (χ1) is 9.83. The molecule has 5 nitrogen and oxygen atoms in total. The Morgan fingerprint density at radius 1 is 1.15 bits per heavy atom. The molecule has 0 aliphatic carbocycles. The SMILES string of the molecule is CCOc1c(CNCCCNCCO)cccc1OC. The van der Waals surface area contributed by atoms with Crippen molar-refractivity contribution in [3.8, 4) is 11.5 Å². The monoisotopic (exact) mass is 282 g/mol. The smallest absolute Gasteiger partial charge is 0.165 e. The van der Waals surface area contributed by atoms with Gasteiger partial charge >= 0.3 is 0 Å². The lowest BCUT2D eigenvalue weighted by Gasteiger charge is -2.14. The molecule has 0 unspecified atom stereocenters. The third-order valence-corrected chi connectivity index (χ3v) is 2.88. The second-order valence-corrected chi connectivity index (χ2v) is 4.39. The molecule has 0 aliphatic heterocycles. The van der Waals surface area contributed by atoms with Gasteiger partial charge in [0.15, 0.2) is 11.5 Å². The fraction of sp³-hybridized carbons (Fsp3) is 0.600. The van der Waals surface area contributed by atoms with Gasteiger partial charge in [-0.1, -0.05) is 12.1 Å². The van der Waals surface area contributed by atoms with Gasteiger partial charge in [0.2, 0.25) is 0 Å². The molecule has 0 fully saturated rings. The predicted octanol–water partition coefficient (Wildman–Crippen LogP) is 1.16. The van der Waals surface area contributed by atoms with Gasteiger partial charge in [-0.25, -0.2) is 0 Å². The molecule has 20 heavy (non-hydrogen) atoms. The average molecular weight is 282 g/mol. The van der Waals surface area contributed by atoms with E-state index in [-0.39, 0.29) is 6.61 Å². The van der Waals surface area contributed by atoms with Crippen LogP contribution >= 0.6 is 0 Å². The Balaban J connectivity index is 2.39. The summed E-state index contributed by atoms with van der Waals surface area (Å²) in [7, 11) is 1.65. The van der Waals surface area contributed by atoms with E-state index in [1.165, 1.54) is 0 Å². The summed E-state index contributed by atoms with van der Waals surface area (Å²) in [5.74, 6) is 1.60. The van der Waals surface area contributed by atoms with Crippen molar-refractivity contribution in [2.24, 2.45) is 0 Å². The minimum atomic E-state index is 0.189. The Bertz CT molecular complexity index is 372. The number of para-hydroxylation sites is 1. The van der Waals surface area contributed by atoms with Gasteiger partial charge in [0.25, 0.3) is 0 Å². The van der Waals surface area contributed by atoms with E-state index in [9.17, 15) is 0 Å². The molecule has 0 bridgehead atoms. The summed E-state index contributed by atoms with van der Waals surface area (Å²) < 4.78 is 11.0. The molecule has 0 amide bonds. The lowest BCUT2D eigenvalue weighted by Crippen LogP contribution is -2.24. The van der Waals surface area contributed by atoms with E-state index in [0.717, 1.165) is 43.1 Å². The quantitative estimate of drug-likeness (QED) is 0.532. The van der Waals surface area contributed by atoms with E-state index in [1.54, 1.807) is 7.11 Å². The highest BCUT2D eigenvalue weighted by atomic mass is 16.5. The molecule has 0 saturated heterocycles. The van der Waals surface area contributed by atoms with Crippen LogP contribution in [0.4, 0.5) is 0 Å². The van der Waals surface area contributed by atoms with E-state index in [2.05, 4.69) is 10.6 Å². The molecule has 1 aromatic carbocycles. The van der Waals surface area contributed by atoms with Gasteiger partial charge in [-0.05, 0) is 32.5 Å². The maximum absolute atomic E-state index is 8.64. The van der Waals surface area contributed by atoms with Gasteiger partial charge in [-0.15, -0.1) is 0 Å². The van der Waals surface area contributed by atoms with Gasteiger partial charge < -0.3 is 25.2 Å². The van der Waals surface area contributed by atoms with E-state index >= 15 is 0 Å². The molecule has 0 heterocycles. The lowest BCUT2D eigenvalue weighted by atomic mass is 10.2. The first kappa shape index (κ1) is 16.8. The molecule has 5 heteroatoms. The van der Waals surface area contributed by atoms with Gasteiger partial charge in [0.05, 0.1) is 20.3 Å². The first-order valence-corrected chi connectivity index (χ1v) is 7.14. The zero-order valence-electron chi connectivity index (χ0n) is 12.4. The number of ether oxygens (including phenoxy) is 2. The Labute approximate surface area is 121 Å². The highest BCUT2D eigenvalue weighted by molar-refractivity contribution is 5.46. The number of hydrogen-bond donors (Lipinski definition) is 3. The Hall–Kier alpha value is -1.30. The molecule has 0 saturated carbocycles. The molecular weight excluding hydrogens is 256 g/mol. The average Bonchev–Trinajstić information content (AvgIpc) is 2.48. The van der Waals surface area contributed by atoms with Gasteiger partial charge in [-0.2, -0.15) is 0 Å². The lowest BCUT2D eigenvalue weighted by molar-refractivity contribution is 0.292. The standard InChI is InChI=1S/C15H26N2O3/c1-3-20-15-13(6-4-7-14(15)19-2)12-17-9-5-8-16-10-11-18/h4,6-7,16-18H,3,5,8-12H2,1-2H3. The Morgan fingerprint density at radius 3 is 2.65 bits per heavy atom. The highest BCUT2D eigenvalue weighted by Crippen LogP contribution is 2.30. The van der Waals surface area contributed by atoms with Crippen LogP contribution in [-0.2, 0) is 6.54 Å². The van der Waals surface area contributed by atoms with Crippen molar-refractivity contribution in [1.29, 1.82) is 0 Å². The predicted molar refractivity (Wildman–Crippen MR) is 80.4 cm³/mol. The van der Waals surface area contributed by atoms with Crippen LogP contribution in [0.2, 0.25) is 0 Å². The topological polar surface area (TPSA) is 62.8 Å². The molecule has 0 atom stereocenters. The van der Waals surface area contributed by atoms with E-state index in [0.29, 0.717) is 13.2 Å². The van der Waals surface area contributed by atoms with E-state index in [1.807, 2.05) is 25.1 Å². The van der Waals surface area contributed by atoms with Crippen LogP contribution in [-0.4, -0.2) is 45.1 Å². The third kappa shape index (κ3) is 5.77. The second kappa shape index (κ2) is 10.5. The number of rotatable bonds is 11. The molecule has 1 rings (SSSR count). The minimum absolute atomic E-state index is 0.189. The normalized spacial score (nSPS) is 10.6. The van der Waals surface area contributed by atoms with Crippen molar-refractivity contribution >= 4 is 0 Å². The summed E-state index contributed by atoms with van der Waals surface area (Å²) in [6.07, 6.45) is 1.02. The van der Waals surface area contributed by atoms with Crippen LogP contribution in [0.1, 0.15) is 18.9 Å². The molecule has 0 aliphatic rings. The van der Waals surface area contributed by atoms with E-state index < -0.39 is 0 Å². The Morgan fingerprint density at radius 2 is 1.95 bits per heavy atom. The van der Waals surface area contributed by atoms with Crippen LogP contribution in [0, 0.1) is 0 Å². The van der Waals surface area contributed by atoms with Crippen molar-refractivity contribution in [1.82, 2.24) is 10.6 Å². The number of benzene rings is 1. The fourth-order valence-electron chi connectivity index (χ4n) is 1.93. The van der Waals surface area contributed by atoms with Crippen LogP contribution in [0.15, 0.2) is 18.2 Å². The van der Waals surface area contributed by atoms with Crippen molar-refractivity contribution < 1.29 is 14.6 Å². The van der Waals surface area contributed by atoms with Crippen molar-refractivity contribution in [3.63, 3.8) is 0 Å². The maximum Gasteiger partial charge on any atom is 0.165 e. The zero-order valence-corrected chi connectivity index (χ0v) is 12.4. The number of hydrogen-bond acceptors (Lipinski definition) is 5. The molecule has 0 aromatic heterocycles. The largest absolute Gasteiger partial charge is 0.493 e.